The summed E-state index contributed by atoms with van der Waals surface area (Å²) in [5.41, 5.74) is 1.61. The Balaban J connectivity index is 1.47. The number of hydrogen-bond donors (Lipinski definition) is 3. The van der Waals surface area contributed by atoms with Crippen LogP contribution in [0.1, 0.15) is 28.9 Å². The monoisotopic (exact) mass is 442 g/mol. The van der Waals surface area contributed by atoms with Gasteiger partial charge in [0, 0.05) is 36.3 Å². The first-order chi connectivity index (χ1) is 14.5. The third-order valence-corrected chi connectivity index (χ3v) is 5.19. The first-order valence-electron chi connectivity index (χ1n) is 9.56. The lowest BCUT2D eigenvalue weighted by Gasteiger charge is -2.11. The summed E-state index contributed by atoms with van der Waals surface area (Å²) in [5.74, 6) is 2.06. The number of aryl methyl sites for hydroxylation is 1. The molecule has 1 fully saturated rings. The van der Waals surface area contributed by atoms with Crippen molar-refractivity contribution >= 4 is 52.4 Å². The molecule has 1 aliphatic rings. The zero-order valence-electron chi connectivity index (χ0n) is 16.2. The van der Waals surface area contributed by atoms with E-state index >= 15 is 0 Å². The number of carbonyl (C=O) groups is 1. The second kappa shape index (κ2) is 8.85. The van der Waals surface area contributed by atoms with Gasteiger partial charge in [-0.1, -0.05) is 29.3 Å². The topological polar surface area (TPSA) is 91.8 Å². The molecule has 9 heteroatoms. The average Bonchev–Trinajstić information content (AvgIpc) is 3.50. The molecule has 3 aromatic rings. The van der Waals surface area contributed by atoms with Gasteiger partial charge in [-0.15, -0.1) is 0 Å². The van der Waals surface area contributed by atoms with Crippen LogP contribution in [0.3, 0.4) is 0 Å². The predicted molar refractivity (Wildman–Crippen MR) is 120 cm³/mol. The van der Waals surface area contributed by atoms with Crippen molar-refractivity contribution < 1.29 is 4.79 Å². The molecule has 1 amide bonds. The molecule has 1 aromatic carbocycles. The number of aromatic nitrogens is 3. The van der Waals surface area contributed by atoms with Crippen LogP contribution in [0.25, 0.3) is 0 Å². The van der Waals surface area contributed by atoms with Gasteiger partial charge >= 0.3 is 0 Å². The number of nitrogens with zero attached hydrogens (tertiary/aromatic N) is 3. The summed E-state index contributed by atoms with van der Waals surface area (Å²) >= 11 is 12.2. The molecule has 30 heavy (non-hydrogen) atoms. The minimum atomic E-state index is -0.396. The molecule has 0 spiro atoms. The number of pyridine rings is 1. The lowest BCUT2D eigenvalue weighted by atomic mass is 10.2. The molecule has 0 aliphatic heterocycles. The van der Waals surface area contributed by atoms with Crippen LogP contribution in [-0.4, -0.2) is 27.4 Å². The van der Waals surface area contributed by atoms with Crippen LogP contribution in [0.2, 0.25) is 10.0 Å². The zero-order chi connectivity index (χ0) is 21.1. The summed E-state index contributed by atoms with van der Waals surface area (Å²) in [5, 5.41) is 9.80. The van der Waals surface area contributed by atoms with Crippen LogP contribution in [0.4, 0.5) is 23.3 Å². The van der Waals surface area contributed by atoms with Crippen LogP contribution < -0.4 is 16.0 Å². The third-order valence-electron chi connectivity index (χ3n) is 4.56. The SMILES string of the molecule is Cc1cc(Nc2cc(NC(=O)c3c(Cl)cccc3Cl)ccn2)nc(NCC2CC2)n1. The lowest BCUT2D eigenvalue weighted by molar-refractivity contribution is 0.102. The van der Waals surface area contributed by atoms with Crippen LogP contribution in [-0.2, 0) is 0 Å². The number of rotatable bonds is 7. The Morgan fingerprint density at radius 1 is 1.10 bits per heavy atom. The van der Waals surface area contributed by atoms with E-state index < -0.39 is 5.91 Å². The van der Waals surface area contributed by atoms with E-state index in [0.717, 1.165) is 18.2 Å². The van der Waals surface area contributed by atoms with Crippen molar-refractivity contribution in [3.8, 4) is 0 Å². The minimum Gasteiger partial charge on any atom is -0.354 e. The zero-order valence-corrected chi connectivity index (χ0v) is 17.8. The molecule has 0 unspecified atom stereocenters. The number of hydrogen-bond acceptors (Lipinski definition) is 6. The van der Waals surface area contributed by atoms with Crippen molar-refractivity contribution in [2.24, 2.45) is 5.92 Å². The van der Waals surface area contributed by atoms with Gasteiger partial charge in [-0.3, -0.25) is 4.79 Å². The highest BCUT2D eigenvalue weighted by atomic mass is 35.5. The van der Waals surface area contributed by atoms with E-state index in [9.17, 15) is 4.79 Å². The Bertz CT molecular complexity index is 1070. The second-order valence-electron chi connectivity index (χ2n) is 7.15. The van der Waals surface area contributed by atoms with Gasteiger partial charge in [0.05, 0.1) is 15.6 Å². The Morgan fingerprint density at radius 3 is 2.60 bits per heavy atom. The fraction of sp³-hybridized carbons (Fsp3) is 0.238. The van der Waals surface area contributed by atoms with Crippen molar-refractivity contribution in [2.75, 3.05) is 22.5 Å². The number of nitrogens with one attached hydrogen (secondary N) is 3. The standard InChI is InChI=1S/C21H20Cl2N6O/c1-12-9-18(29-21(26-12)25-11-13-5-6-13)28-17-10-14(7-8-24-17)27-20(30)19-15(22)3-2-4-16(19)23/h2-4,7-10,13H,5-6,11H2,1H3,(H3,24,25,26,27,28,29,30). The molecule has 4 rings (SSSR count). The van der Waals surface area contributed by atoms with Crippen molar-refractivity contribution in [3.63, 3.8) is 0 Å². The van der Waals surface area contributed by atoms with E-state index in [-0.39, 0.29) is 15.6 Å². The van der Waals surface area contributed by atoms with E-state index in [1.165, 1.54) is 12.8 Å². The predicted octanol–water partition coefficient (Wildman–Crippen LogP) is 5.30. The van der Waals surface area contributed by atoms with E-state index in [0.29, 0.717) is 23.3 Å². The molecule has 154 valence electrons. The maximum absolute atomic E-state index is 12.6. The molecule has 0 radical (unpaired) electrons. The maximum atomic E-state index is 12.6. The third kappa shape index (κ3) is 5.17. The first kappa shape index (κ1) is 20.4. The highest BCUT2D eigenvalue weighted by Gasteiger charge is 2.21. The Kier molecular flexibility index (Phi) is 6.01. The van der Waals surface area contributed by atoms with E-state index in [4.69, 9.17) is 23.2 Å². The number of anilines is 4. The first-order valence-corrected chi connectivity index (χ1v) is 10.3. The quantitative estimate of drug-likeness (QED) is 0.459. The molecule has 3 N–H and O–H groups in total. The highest BCUT2D eigenvalue weighted by Crippen LogP contribution is 2.29. The summed E-state index contributed by atoms with van der Waals surface area (Å²) in [6, 6.07) is 10.1. The molecule has 2 heterocycles. The summed E-state index contributed by atoms with van der Waals surface area (Å²) in [7, 11) is 0. The smallest absolute Gasteiger partial charge is 0.258 e. The maximum Gasteiger partial charge on any atom is 0.258 e. The number of amides is 1. The minimum absolute atomic E-state index is 0.227. The Hall–Kier alpha value is -2.90. The van der Waals surface area contributed by atoms with Gasteiger partial charge in [0.2, 0.25) is 5.95 Å². The summed E-state index contributed by atoms with van der Waals surface area (Å²) in [6.07, 6.45) is 4.10. The summed E-state index contributed by atoms with van der Waals surface area (Å²) < 4.78 is 0. The van der Waals surface area contributed by atoms with Gasteiger partial charge in [-0.25, -0.2) is 9.97 Å². The number of halogens is 2. The molecule has 0 atom stereocenters. The normalized spacial score (nSPS) is 13.0. The average molecular weight is 443 g/mol. The fourth-order valence-electron chi connectivity index (χ4n) is 2.89. The molecule has 1 saturated carbocycles. The van der Waals surface area contributed by atoms with Gasteiger partial charge in [-0.2, -0.15) is 4.98 Å². The molecule has 0 bridgehead atoms. The Labute approximate surface area is 184 Å². The largest absolute Gasteiger partial charge is 0.354 e. The molecular formula is C21H20Cl2N6O. The summed E-state index contributed by atoms with van der Waals surface area (Å²) in [6.45, 7) is 2.79. The van der Waals surface area contributed by atoms with Crippen LogP contribution in [0.15, 0.2) is 42.6 Å². The van der Waals surface area contributed by atoms with Crippen molar-refractivity contribution in [1.29, 1.82) is 0 Å². The second-order valence-corrected chi connectivity index (χ2v) is 7.96. The molecule has 1 aliphatic carbocycles. The summed E-state index contributed by atoms with van der Waals surface area (Å²) in [4.78, 5) is 25.8. The molecule has 0 saturated heterocycles. The number of carbonyl (C=O) groups excluding carboxylic acids is 1. The van der Waals surface area contributed by atoms with E-state index in [1.54, 1.807) is 36.5 Å². The van der Waals surface area contributed by atoms with Crippen molar-refractivity contribution in [2.45, 2.75) is 19.8 Å². The van der Waals surface area contributed by atoms with Gasteiger partial charge in [0.15, 0.2) is 0 Å². The molecule has 7 nitrogen and oxygen atoms in total. The molecule has 2 aromatic heterocycles. The van der Waals surface area contributed by atoms with Crippen LogP contribution in [0.5, 0.6) is 0 Å². The Morgan fingerprint density at radius 2 is 1.87 bits per heavy atom. The van der Waals surface area contributed by atoms with Crippen molar-refractivity contribution in [1.82, 2.24) is 15.0 Å². The van der Waals surface area contributed by atoms with Gasteiger partial charge in [0.25, 0.3) is 5.91 Å². The van der Waals surface area contributed by atoms with E-state index in [2.05, 4.69) is 30.9 Å². The fourth-order valence-corrected chi connectivity index (χ4v) is 3.45. The van der Waals surface area contributed by atoms with Gasteiger partial charge in [0.1, 0.15) is 11.6 Å². The number of benzene rings is 1. The molecular weight excluding hydrogens is 423 g/mol. The van der Waals surface area contributed by atoms with Crippen LogP contribution >= 0.6 is 23.2 Å². The van der Waals surface area contributed by atoms with E-state index in [1.807, 2.05) is 13.0 Å². The van der Waals surface area contributed by atoms with Gasteiger partial charge < -0.3 is 16.0 Å². The highest BCUT2D eigenvalue weighted by molar-refractivity contribution is 6.40. The lowest BCUT2D eigenvalue weighted by Crippen LogP contribution is -2.13. The van der Waals surface area contributed by atoms with Gasteiger partial charge in [-0.05, 0) is 43.9 Å². The van der Waals surface area contributed by atoms with Crippen LogP contribution in [0, 0.1) is 12.8 Å². The van der Waals surface area contributed by atoms with Crippen molar-refractivity contribution in [3.05, 3.63) is 63.9 Å².